The Morgan fingerprint density at radius 1 is 0.411 bits per heavy atom. The Kier molecular flexibility index (Phi) is 54.6. The summed E-state index contributed by atoms with van der Waals surface area (Å²) in [6, 6.07) is 0. The van der Waals surface area contributed by atoms with Gasteiger partial charge < -0.3 is 27.9 Å². The minimum Gasteiger partial charge on any atom is -0.756 e. The van der Waals surface area contributed by atoms with Crippen LogP contribution in [-0.2, 0) is 32.7 Å². The number of rotatable bonds is 60. The van der Waals surface area contributed by atoms with Gasteiger partial charge in [-0.25, -0.2) is 0 Å². The van der Waals surface area contributed by atoms with E-state index in [2.05, 4.69) is 26.0 Å². The normalized spacial score (nSPS) is 13.2. The molecular formula is C63H124NO8P. The molecule has 2 unspecified atom stereocenters. The fraction of sp³-hybridized carbons (Fsp3) is 0.937. The molecule has 0 amide bonds. The van der Waals surface area contributed by atoms with Gasteiger partial charge in [-0.15, -0.1) is 0 Å². The highest BCUT2D eigenvalue weighted by molar-refractivity contribution is 7.45. The lowest BCUT2D eigenvalue weighted by Crippen LogP contribution is -2.37. The van der Waals surface area contributed by atoms with Gasteiger partial charge in [-0.3, -0.25) is 14.2 Å². The van der Waals surface area contributed by atoms with Crippen LogP contribution in [0.1, 0.15) is 328 Å². The zero-order valence-corrected chi connectivity index (χ0v) is 50.3. The smallest absolute Gasteiger partial charge is 0.306 e. The molecule has 2 atom stereocenters. The van der Waals surface area contributed by atoms with Crippen LogP contribution in [0.5, 0.6) is 0 Å². The zero-order chi connectivity index (χ0) is 53.5. The lowest BCUT2D eigenvalue weighted by molar-refractivity contribution is -0.870. The van der Waals surface area contributed by atoms with Crippen LogP contribution in [0.4, 0.5) is 0 Å². The summed E-state index contributed by atoms with van der Waals surface area (Å²) in [5, 5.41) is 0. The van der Waals surface area contributed by atoms with Crippen LogP contribution in [0.2, 0.25) is 0 Å². The number of nitrogens with zero attached hydrogens (tertiary/aromatic N) is 1. The molecule has 0 radical (unpaired) electrons. The number of allylic oxidation sites excluding steroid dienone is 2. The lowest BCUT2D eigenvalue weighted by Gasteiger charge is -2.28. The molecule has 0 spiro atoms. The molecule has 0 bridgehead atoms. The van der Waals surface area contributed by atoms with Crippen molar-refractivity contribution < 1.29 is 42.1 Å². The van der Waals surface area contributed by atoms with Crippen molar-refractivity contribution in [2.45, 2.75) is 335 Å². The summed E-state index contributed by atoms with van der Waals surface area (Å²) in [5.41, 5.74) is 0. The van der Waals surface area contributed by atoms with Gasteiger partial charge in [0.15, 0.2) is 6.10 Å². The van der Waals surface area contributed by atoms with Crippen LogP contribution < -0.4 is 4.89 Å². The Morgan fingerprint density at radius 2 is 0.699 bits per heavy atom. The Labute approximate surface area is 454 Å². The zero-order valence-electron chi connectivity index (χ0n) is 49.4. The van der Waals surface area contributed by atoms with Crippen LogP contribution in [0, 0.1) is 0 Å². The Bertz CT molecular complexity index is 1240. The minimum atomic E-state index is -4.63. The maximum Gasteiger partial charge on any atom is 0.306 e. The largest absolute Gasteiger partial charge is 0.756 e. The van der Waals surface area contributed by atoms with E-state index in [9.17, 15) is 19.0 Å². The van der Waals surface area contributed by atoms with Gasteiger partial charge >= 0.3 is 11.9 Å². The molecule has 0 rings (SSSR count). The van der Waals surface area contributed by atoms with Gasteiger partial charge in [-0.05, 0) is 38.5 Å². The fourth-order valence-corrected chi connectivity index (χ4v) is 10.3. The highest BCUT2D eigenvalue weighted by atomic mass is 31.2. The topological polar surface area (TPSA) is 111 Å². The number of unbranched alkanes of at least 4 members (excludes halogenated alkanes) is 44. The summed E-state index contributed by atoms with van der Waals surface area (Å²) in [6.45, 7) is 4.29. The van der Waals surface area contributed by atoms with Crippen molar-refractivity contribution in [2.75, 3.05) is 47.5 Å². The summed E-state index contributed by atoms with van der Waals surface area (Å²) in [6.07, 6.45) is 65.7. The maximum atomic E-state index is 12.8. The number of phosphoric acid groups is 1. The van der Waals surface area contributed by atoms with E-state index in [0.29, 0.717) is 17.4 Å². The second kappa shape index (κ2) is 55.5. The predicted octanol–water partition coefficient (Wildman–Crippen LogP) is 19.4. The third-order valence-corrected chi connectivity index (χ3v) is 15.5. The van der Waals surface area contributed by atoms with Gasteiger partial charge in [0.05, 0.1) is 27.7 Å². The minimum absolute atomic E-state index is 0.0280. The van der Waals surface area contributed by atoms with Crippen molar-refractivity contribution in [1.82, 2.24) is 0 Å². The van der Waals surface area contributed by atoms with E-state index in [-0.39, 0.29) is 32.0 Å². The SMILES string of the molecule is CCCCCCCC/C=C\CCCCCCCCCC(=O)OC(COC(=O)CCCCCCCCCCCCCCCCCCCCCCCCCCCCCCCCCC)COP(=O)([O-])OCC[N+](C)(C)C. The number of ether oxygens (including phenoxy) is 2. The summed E-state index contributed by atoms with van der Waals surface area (Å²) < 4.78 is 34.2. The maximum absolute atomic E-state index is 12.8. The Balaban J connectivity index is 3.96. The third-order valence-electron chi connectivity index (χ3n) is 14.5. The second-order valence-corrected chi connectivity index (χ2v) is 24.5. The predicted molar refractivity (Wildman–Crippen MR) is 310 cm³/mol. The van der Waals surface area contributed by atoms with Crippen LogP contribution in [0.25, 0.3) is 0 Å². The number of esters is 2. The molecule has 9 nitrogen and oxygen atoms in total. The molecule has 0 N–H and O–H groups in total. The molecule has 0 heterocycles. The van der Waals surface area contributed by atoms with Crippen LogP contribution >= 0.6 is 7.82 Å². The number of quaternary nitrogens is 1. The number of likely N-dealkylation sites (N-methyl/N-ethyl adjacent to an activating group) is 1. The summed E-state index contributed by atoms with van der Waals surface area (Å²) in [7, 11) is 1.18. The van der Waals surface area contributed by atoms with Crippen molar-refractivity contribution in [3.05, 3.63) is 12.2 Å². The second-order valence-electron chi connectivity index (χ2n) is 23.1. The van der Waals surface area contributed by atoms with Gasteiger partial charge in [-0.1, -0.05) is 289 Å². The Hall–Kier alpha value is -1.25. The first-order valence-corrected chi connectivity index (χ1v) is 33.4. The number of carbonyl (C=O) groups is 2. The molecule has 10 heteroatoms. The quantitative estimate of drug-likeness (QED) is 0.0195. The standard InChI is InChI=1S/C63H124NO8P/c1-6-8-10-12-14-16-18-20-22-24-25-26-27-28-29-30-31-32-33-34-35-36-37-38-40-41-43-45-47-49-51-53-55-62(65)69-59-61(60-71-73(67,68)70-58-57-64(3,4)5)72-63(66)56-54-52-50-48-46-44-42-39-23-21-19-17-15-13-11-9-7-2/h21,23,61H,6-20,22,24-60H2,1-5H3/b23-21-. The van der Waals surface area contributed by atoms with Gasteiger partial charge in [0, 0.05) is 12.8 Å². The van der Waals surface area contributed by atoms with E-state index >= 15 is 0 Å². The van der Waals surface area contributed by atoms with Crippen LogP contribution in [0.3, 0.4) is 0 Å². The average molecular weight is 1050 g/mol. The first-order valence-electron chi connectivity index (χ1n) is 31.9. The van der Waals surface area contributed by atoms with Gasteiger partial charge in [0.1, 0.15) is 19.8 Å². The van der Waals surface area contributed by atoms with E-state index in [4.69, 9.17) is 18.5 Å². The molecule has 0 aliphatic rings. The molecule has 434 valence electrons. The van der Waals surface area contributed by atoms with Crippen molar-refractivity contribution in [3.63, 3.8) is 0 Å². The number of hydrogen-bond donors (Lipinski definition) is 0. The summed E-state index contributed by atoms with van der Waals surface area (Å²) >= 11 is 0. The molecule has 0 fully saturated rings. The molecule has 0 aromatic rings. The highest BCUT2D eigenvalue weighted by Gasteiger charge is 2.22. The van der Waals surface area contributed by atoms with Gasteiger partial charge in [0.25, 0.3) is 7.82 Å². The third kappa shape index (κ3) is 59.8. The van der Waals surface area contributed by atoms with Crippen LogP contribution in [-0.4, -0.2) is 70.0 Å². The number of hydrogen-bond acceptors (Lipinski definition) is 8. The molecule has 0 aliphatic heterocycles. The molecular weight excluding hydrogens is 930 g/mol. The lowest BCUT2D eigenvalue weighted by atomic mass is 10.0. The van der Waals surface area contributed by atoms with Gasteiger partial charge in [-0.2, -0.15) is 0 Å². The number of phosphoric ester groups is 1. The van der Waals surface area contributed by atoms with Gasteiger partial charge in [0.2, 0.25) is 0 Å². The van der Waals surface area contributed by atoms with Crippen molar-refractivity contribution in [1.29, 1.82) is 0 Å². The monoisotopic (exact) mass is 1050 g/mol. The van der Waals surface area contributed by atoms with E-state index in [1.54, 1.807) is 0 Å². The molecule has 73 heavy (non-hydrogen) atoms. The molecule has 0 aromatic heterocycles. The van der Waals surface area contributed by atoms with E-state index < -0.39 is 26.5 Å². The molecule has 0 saturated heterocycles. The van der Waals surface area contributed by atoms with Crippen molar-refractivity contribution in [2.24, 2.45) is 0 Å². The van der Waals surface area contributed by atoms with E-state index in [1.165, 1.54) is 250 Å². The first kappa shape index (κ1) is 71.8. The molecule has 0 aliphatic carbocycles. The summed E-state index contributed by atoms with van der Waals surface area (Å²) in [5.74, 6) is -0.819. The average Bonchev–Trinajstić information content (AvgIpc) is 3.35. The highest BCUT2D eigenvalue weighted by Crippen LogP contribution is 2.38. The molecule has 0 saturated carbocycles. The first-order chi connectivity index (χ1) is 35.5. The Morgan fingerprint density at radius 3 is 1.01 bits per heavy atom. The van der Waals surface area contributed by atoms with E-state index in [1.807, 2.05) is 21.1 Å². The van der Waals surface area contributed by atoms with Crippen LogP contribution in [0.15, 0.2) is 12.2 Å². The van der Waals surface area contributed by atoms with Crippen molar-refractivity contribution in [3.8, 4) is 0 Å². The van der Waals surface area contributed by atoms with E-state index in [0.717, 1.165) is 44.9 Å². The number of carbonyl (C=O) groups excluding carboxylic acids is 2. The summed E-state index contributed by atoms with van der Waals surface area (Å²) in [4.78, 5) is 37.9. The van der Waals surface area contributed by atoms with Crippen molar-refractivity contribution >= 4 is 19.8 Å². The molecule has 0 aromatic carbocycles. The fourth-order valence-electron chi connectivity index (χ4n) is 9.60.